The molecule has 0 aliphatic carbocycles. The van der Waals surface area contributed by atoms with E-state index in [1.165, 1.54) is 5.56 Å². The Kier molecular flexibility index (Phi) is 4.31. The van der Waals surface area contributed by atoms with E-state index in [1.54, 1.807) is 11.3 Å². The lowest BCUT2D eigenvalue weighted by Crippen LogP contribution is -2.51. The van der Waals surface area contributed by atoms with E-state index in [0.29, 0.717) is 18.6 Å². The summed E-state index contributed by atoms with van der Waals surface area (Å²) in [6.07, 6.45) is 0.794. The van der Waals surface area contributed by atoms with Crippen LogP contribution in [0.1, 0.15) is 18.4 Å². The highest BCUT2D eigenvalue weighted by Crippen LogP contribution is 2.12. The third kappa shape index (κ3) is 3.48. The molecule has 3 rings (SSSR count). The molecule has 6 nitrogen and oxygen atoms in total. The highest BCUT2D eigenvalue weighted by atomic mass is 32.1. The second-order valence-electron chi connectivity index (χ2n) is 5.29. The molecular formula is C14H18N4O2S. The monoisotopic (exact) mass is 306 g/mol. The number of thiophene rings is 1. The van der Waals surface area contributed by atoms with Gasteiger partial charge in [0.1, 0.15) is 5.71 Å². The fourth-order valence-corrected chi connectivity index (χ4v) is 3.22. The average molecular weight is 306 g/mol. The van der Waals surface area contributed by atoms with Crippen LogP contribution in [0.3, 0.4) is 0 Å². The molecule has 3 heterocycles. The molecule has 1 N–H and O–H groups in total. The number of carbonyl (C=O) groups is 2. The van der Waals surface area contributed by atoms with Gasteiger partial charge >= 0.3 is 0 Å². The zero-order chi connectivity index (χ0) is 14.7. The number of amides is 2. The lowest BCUT2D eigenvalue weighted by molar-refractivity contribution is -0.126. The van der Waals surface area contributed by atoms with Crippen molar-refractivity contribution in [2.24, 2.45) is 5.10 Å². The summed E-state index contributed by atoms with van der Waals surface area (Å²) in [5, 5.41) is 8.13. The summed E-state index contributed by atoms with van der Waals surface area (Å²) in [7, 11) is 0. The molecular weight excluding hydrogens is 288 g/mol. The predicted molar refractivity (Wildman–Crippen MR) is 81.0 cm³/mol. The van der Waals surface area contributed by atoms with Crippen LogP contribution in [-0.2, 0) is 16.1 Å². The van der Waals surface area contributed by atoms with Gasteiger partial charge in [-0.2, -0.15) is 16.4 Å². The van der Waals surface area contributed by atoms with Crippen molar-refractivity contribution in [1.29, 1.82) is 0 Å². The number of hydrogen-bond acceptors (Lipinski definition) is 5. The van der Waals surface area contributed by atoms with Gasteiger partial charge in [-0.15, -0.1) is 0 Å². The summed E-state index contributed by atoms with van der Waals surface area (Å²) in [6.45, 7) is 4.14. The van der Waals surface area contributed by atoms with Crippen molar-refractivity contribution in [3.8, 4) is 0 Å². The fraction of sp³-hybridized carbons (Fsp3) is 0.500. The molecule has 112 valence electrons. The van der Waals surface area contributed by atoms with E-state index >= 15 is 0 Å². The molecule has 1 saturated heterocycles. The first-order valence-corrected chi connectivity index (χ1v) is 8.05. The van der Waals surface area contributed by atoms with Crippen LogP contribution in [-0.4, -0.2) is 53.5 Å². The summed E-state index contributed by atoms with van der Waals surface area (Å²) in [4.78, 5) is 27.6. The highest BCUT2D eigenvalue weighted by Gasteiger charge is 2.26. The largest absolute Gasteiger partial charge is 0.335 e. The van der Waals surface area contributed by atoms with Gasteiger partial charge in [-0.3, -0.25) is 14.5 Å². The van der Waals surface area contributed by atoms with Gasteiger partial charge in [0.15, 0.2) is 0 Å². The van der Waals surface area contributed by atoms with Crippen LogP contribution >= 0.6 is 11.3 Å². The van der Waals surface area contributed by atoms with Crippen molar-refractivity contribution in [3.05, 3.63) is 22.4 Å². The van der Waals surface area contributed by atoms with E-state index in [0.717, 1.165) is 32.7 Å². The Morgan fingerprint density at radius 1 is 1.29 bits per heavy atom. The molecule has 7 heteroatoms. The Morgan fingerprint density at radius 3 is 2.71 bits per heavy atom. The molecule has 0 saturated carbocycles. The molecule has 0 bridgehead atoms. The van der Waals surface area contributed by atoms with E-state index in [-0.39, 0.29) is 11.8 Å². The molecule has 0 radical (unpaired) electrons. The number of hydrazone groups is 1. The van der Waals surface area contributed by atoms with Crippen molar-refractivity contribution in [2.75, 3.05) is 26.2 Å². The summed E-state index contributed by atoms with van der Waals surface area (Å²) in [5.41, 5.74) is 4.19. The average Bonchev–Trinajstić information content (AvgIpc) is 3.01. The Balaban J connectivity index is 1.51. The van der Waals surface area contributed by atoms with Gasteiger partial charge in [-0.1, -0.05) is 0 Å². The fourth-order valence-electron chi connectivity index (χ4n) is 2.56. The van der Waals surface area contributed by atoms with Gasteiger partial charge in [0.05, 0.1) is 0 Å². The minimum Gasteiger partial charge on any atom is -0.335 e. The first-order valence-electron chi connectivity index (χ1n) is 7.10. The SMILES string of the molecule is O=C1CCC(C(=O)N2CCN(Cc3ccsc3)CC2)=NN1. The molecule has 2 aliphatic heterocycles. The lowest BCUT2D eigenvalue weighted by atomic mass is 10.1. The molecule has 1 aromatic rings. The quantitative estimate of drug-likeness (QED) is 0.892. The van der Waals surface area contributed by atoms with Gasteiger partial charge in [0.25, 0.3) is 5.91 Å². The Morgan fingerprint density at radius 2 is 2.10 bits per heavy atom. The van der Waals surface area contributed by atoms with Crippen LogP contribution in [0.25, 0.3) is 0 Å². The summed E-state index contributed by atoms with van der Waals surface area (Å²) in [5.74, 6) is -0.155. The summed E-state index contributed by atoms with van der Waals surface area (Å²) < 4.78 is 0. The maximum atomic E-state index is 12.3. The molecule has 0 unspecified atom stereocenters. The smallest absolute Gasteiger partial charge is 0.270 e. The summed E-state index contributed by atoms with van der Waals surface area (Å²) >= 11 is 1.71. The third-order valence-corrected chi connectivity index (χ3v) is 4.53. The first kappa shape index (κ1) is 14.2. The van der Waals surface area contributed by atoms with Crippen molar-refractivity contribution < 1.29 is 9.59 Å². The molecule has 0 atom stereocenters. The summed E-state index contributed by atoms with van der Waals surface area (Å²) in [6, 6.07) is 2.14. The lowest BCUT2D eigenvalue weighted by Gasteiger charge is -2.35. The normalized spacial score (nSPS) is 20.1. The second-order valence-corrected chi connectivity index (χ2v) is 6.07. The van der Waals surface area contributed by atoms with Crippen LogP contribution in [0.15, 0.2) is 21.9 Å². The minimum atomic E-state index is -0.118. The van der Waals surface area contributed by atoms with Crippen LogP contribution < -0.4 is 5.43 Å². The van der Waals surface area contributed by atoms with Gasteiger partial charge in [-0.05, 0) is 22.4 Å². The number of rotatable bonds is 3. The van der Waals surface area contributed by atoms with Crippen LogP contribution in [0, 0.1) is 0 Å². The molecule has 21 heavy (non-hydrogen) atoms. The van der Waals surface area contributed by atoms with E-state index < -0.39 is 0 Å². The van der Waals surface area contributed by atoms with E-state index in [4.69, 9.17) is 0 Å². The van der Waals surface area contributed by atoms with Gasteiger partial charge in [0, 0.05) is 45.6 Å². The Labute approximate surface area is 127 Å². The Bertz CT molecular complexity index is 547. The van der Waals surface area contributed by atoms with Crippen LogP contribution in [0.5, 0.6) is 0 Å². The Hall–Kier alpha value is -1.73. The molecule has 0 aromatic carbocycles. The minimum absolute atomic E-state index is 0.0369. The first-order chi connectivity index (χ1) is 10.2. The standard InChI is InChI=1S/C14H18N4O2S/c19-13-2-1-12(15-16-13)14(20)18-6-4-17(5-7-18)9-11-3-8-21-10-11/h3,8,10H,1-2,4-7,9H2,(H,16,19). The maximum Gasteiger partial charge on any atom is 0.270 e. The van der Waals surface area contributed by atoms with Crippen molar-refractivity contribution in [1.82, 2.24) is 15.2 Å². The van der Waals surface area contributed by atoms with Gasteiger partial charge in [-0.25, -0.2) is 5.43 Å². The molecule has 1 aromatic heterocycles. The van der Waals surface area contributed by atoms with Crippen molar-refractivity contribution in [3.63, 3.8) is 0 Å². The van der Waals surface area contributed by atoms with E-state index in [1.807, 2.05) is 4.90 Å². The predicted octanol–water partition coefficient (Wildman–Crippen LogP) is 0.658. The third-order valence-electron chi connectivity index (χ3n) is 3.80. The number of piperazine rings is 1. The number of nitrogens with one attached hydrogen (secondary N) is 1. The molecule has 2 aliphatic rings. The molecule has 2 amide bonds. The van der Waals surface area contributed by atoms with Gasteiger partial charge < -0.3 is 4.90 Å². The second kappa shape index (κ2) is 6.36. The maximum absolute atomic E-state index is 12.3. The van der Waals surface area contributed by atoms with Crippen LogP contribution in [0.2, 0.25) is 0 Å². The number of nitrogens with zero attached hydrogens (tertiary/aromatic N) is 3. The van der Waals surface area contributed by atoms with E-state index in [2.05, 4.69) is 32.3 Å². The number of carbonyl (C=O) groups excluding carboxylic acids is 2. The van der Waals surface area contributed by atoms with Crippen molar-refractivity contribution in [2.45, 2.75) is 19.4 Å². The van der Waals surface area contributed by atoms with Crippen LogP contribution in [0.4, 0.5) is 0 Å². The zero-order valence-corrected chi connectivity index (χ0v) is 12.6. The number of hydrogen-bond donors (Lipinski definition) is 1. The topological polar surface area (TPSA) is 65.0 Å². The van der Waals surface area contributed by atoms with Crippen molar-refractivity contribution >= 4 is 28.9 Å². The van der Waals surface area contributed by atoms with Gasteiger partial charge in [0.2, 0.25) is 5.91 Å². The zero-order valence-electron chi connectivity index (χ0n) is 11.7. The molecule has 0 spiro atoms. The van der Waals surface area contributed by atoms with E-state index in [9.17, 15) is 9.59 Å². The highest BCUT2D eigenvalue weighted by molar-refractivity contribution is 7.07. The molecule has 1 fully saturated rings.